The van der Waals surface area contributed by atoms with Crippen LogP contribution < -0.4 is 10.6 Å². The van der Waals surface area contributed by atoms with E-state index >= 15 is 0 Å². The van der Waals surface area contributed by atoms with Crippen molar-refractivity contribution in [3.8, 4) is 0 Å². The molecule has 9 nitrogen and oxygen atoms in total. The van der Waals surface area contributed by atoms with Crippen LogP contribution in [0.2, 0.25) is 0 Å². The van der Waals surface area contributed by atoms with Crippen LogP contribution in [0.3, 0.4) is 0 Å². The maximum atomic E-state index is 14.2. The Labute approximate surface area is 212 Å². The number of carbonyl (C=O) groups excluding carboxylic acids is 3. The van der Waals surface area contributed by atoms with E-state index in [4.69, 9.17) is 10.5 Å². The Balaban J connectivity index is 1.49. The van der Waals surface area contributed by atoms with E-state index in [2.05, 4.69) is 16.7 Å². The highest BCUT2D eigenvalue weighted by Gasteiger charge is 2.53. The molecule has 9 heteroatoms. The molecule has 3 heterocycles. The summed E-state index contributed by atoms with van der Waals surface area (Å²) in [5.74, 6) is -1.47. The Hall–Kier alpha value is -2.49. The fourth-order valence-electron chi connectivity index (χ4n) is 6.69. The van der Waals surface area contributed by atoms with Crippen molar-refractivity contribution in [1.82, 2.24) is 9.80 Å². The van der Waals surface area contributed by atoms with Crippen LogP contribution in [0, 0.1) is 5.92 Å². The summed E-state index contributed by atoms with van der Waals surface area (Å²) in [7, 11) is 0. The molecule has 4 atom stereocenters. The topological polar surface area (TPSA) is 116 Å². The van der Waals surface area contributed by atoms with Gasteiger partial charge in [0.1, 0.15) is 24.9 Å². The van der Waals surface area contributed by atoms with E-state index in [1.807, 2.05) is 12.1 Å². The second-order valence-electron chi connectivity index (χ2n) is 10.7. The van der Waals surface area contributed by atoms with Gasteiger partial charge in [-0.2, -0.15) is 0 Å². The van der Waals surface area contributed by atoms with E-state index in [1.165, 1.54) is 4.90 Å². The number of carbonyl (C=O) groups is 3. The van der Waals surface area contributed by atoms with E-state index in [0.717, 1.165) is 70.5 Å². The molecule has 0 spiro atoms. The molecule has 196 valence electrons. The monoisotopic (exact) mass is 498 g/mol. The molecule has 4 aliphatic rings. The number of nitrogens with zero attached hydrogens (tertiary/aromatic N) is 3. The third-order valence-electron chi connectivity index (χ3n) is 8.49. The number of primary amides is 1. The van der Waals surface area contributed by atoms with Crippen LogP contribution in [-0.2, 0) is 14.3 Å². The third-order valence-corrected chi connectivity index (χ3v) is 8.49. The van der Waals surface area contributed by atoms with Crippen LogP contribution >= 0.6 is 0 Å². The van der Waals surface area contributed by atoms with Crippen LogP contribution in [-0.4, -0.2) is 96.6 Å². The third kappa shape index (κ3) is 4.64. The Morgan fingerprint density at radius 3 is 2.56 bits per heavy atom. The number of anilines is 1. The van der Waals surface area contributed by atoms with Gasteiger partial charge in [0.25, 0.3) is 0 Å². The first-order chi connectivity index (χ1) is 17.4. The molecule has 1 aromatic carbocycles. The van der Waals surface area contributed by atoms with Gasteiger partial charge < -0.3 is 25.4 Å². The number of fused-ring (bicyclic) bond motifs is 1. The fourth-order valence-corrected chi connectivity index (χ4v) is 6.69. The highest BCUT2D eigenvalue weighted by Crippen LogP contribution is 2.42. The highest BCUT2D eigenvalue weighted by molar-refractivity contribution is 5.99. The van der Waals surface area contributed by atoms with Gasteiger partial charge in [0.05, 0.1) is 12.5 Å². The summed E-state index contributed by atoms with van der Waals surface area (Å²) in [6.45, 7) is 6.96. The molecule has 0 aromatic heterocycles. The molecule has 0 bridgehead atoms. The average Bonchev–Trinajstić information content (AvgIpc) is 3.60. The predicted octanol–water partition coefficient (Wildman–Crippen LogP) is 1.13. The second-order valence-corrected chi connectivity index (χ2v) is 10.7. The molecular weight excluding hydrogens is 460 g/mol. The van der Waals surface area contributed by atoms with Crippen molar-refractivity contribution in [2.45, 2.75) is 63.2 Å². The number of rotatable bonds is 7. The minimum Gasteiger partial charge on any atom is -0.388 e. The van der Waals surface area contributed by atoms with Crippen molar-refractivity contribution in [2.75, 3.05) is 50.8 Å². The van der Waals surface area contributed by atoms with Gasteiger partial charge in [-0.3, -0.25) is 19.3 Å². The number of Topliss-reactive ketones (excluding diaryl/α,β-unsaturated/α-hetero) is 1. The zero-order valence-electron chi connectivity index (χ0n) is 21.1. The summed E-state index contributed by atoms with van der Waals surface area (Å²) in [6, 6.07) is 4.90. The molecule has 1 saturated carbocycles. The average molecular weight is 499 g/mol. The molecular formula is C27H38N4O5. The number of ether oxygens (including phenoxy) is 1. The van der Waals surface area contributed by atoms with Gasteiger partial charge in [0, 0.05) is 37.4 Å². The Kier molecular flexibility index (Phi) is 7.32. The van der Waals surface area contributed by atoms with E-state index < -0.39 is 30.1 Å². The smallest absolute Gasteiger partial charge is 0.249 e. The van der Waals surface area contributed by atoms with E-state index in [0.29, 0.717) is 11.1 Å². The lowest BCUT2D eigenvalue weighted by molar-refractivity contribution is -0.139. The highest BCUT2D eigenvalue weighted by atomic mass is 16.5. The molecule has 5 rings (SSSR count). The summed E-state index contributed by atoms with van der Waals surface area (Å²) in [5.41, 5.74) is 7.81. The lowest BCUT2D eigenvalue weighted by atomic mass is 9.80. The van der Waals surface area contributed by atoms with Crippen molar-refractivity contribution in [3.05, 3.63) is 29.3 Å². The number of likely N-dealkylation sites (tertiary alicyclic amines) is 1. The molecule has 3 N–H and O–H groups in total. The van der Waals surface area contributed by atoms with Gasteiger partial charge in [-0.25, -0.2) is 0 Å². The summed E-state index contributed by atoms with van der Waals surface area (Å²) in [4.78, 5) is 45.6. The number of ketones is 1. The van der Waals surface area contributed by atoms with Gasteiger partial charge in [-0.15, -0.1) is 0 Å². The summed E-state index contributed by atoms with van der Waals surface area (Å²) >= 11 is 0. The summed E-state index contributed by atoms with van der Waals surface area (Å²) in [6.07, 6.45) is 3.37. The first-order valence-corrected chi connectivity index (χ1v) is 13.4. The van der Waals surface area contributed by atoms with Crippen LogP contribution in [0.1, 0.15) is 60.9 Å². The molecule has 0 unspecified atom stereocenters. The molecule has 3 saturated heterocycles. The predicted molar refractivity (Wildman–Crippen MR) is 135 cm³/mol. The largest absolute Gasteiger partial charge is 0.388 e. The van der Waals surface area contributed by atoms with Gasteiger partial charge in [0.2, 0.25) is 11.8 Å². The molecule has 1 aliphatic carbocycles. The number of aliphatic hydroxyl groups is 1. The van der Waals surface area contributed by atoms with Crippen LogP contribution in [0.15, 0.2) is 18.2 Å². The zero-order chi connectivity index (χ0) is 25.4. The number of benzene rings is 1. The van der Waals surface area contributed by atoms with Gasteiger partial charge >= 0.3 is 0 Å². The van der Waals surface area contributed by atoms with Crippen molar-refractivity contribution < 1.29 is 24.2 Å². The fraction of sp³-hybridized carbons (Fsp3) is 0.667. The lowest BCUT2D eigenvalue weighted by Gasteiger charge is -2.37. The number of hydrogen-bond acceptors (Lipinski definition) is 7. The molecule has 4 fully saturated rings. The standard InChI is InChI=1S/C27H38N4O5/c1-2-9-29-10-12-30(13-11-29)18-7-8-19(26(28)34)20(14-18)23(17-5-3-4-6-17)27(35)31-15-21(32)25-24(31)22(33)16-36-25/h7-8,14,17,21,23-25,32H,2-6,9-13,15-16H2,1H3,(H2,28,34)/t21-,23+,24-,25-/m1/s1. The van der Waals surface area contributed by atoms with Gasteiger partial charge in [-0.05, 0) is 55.5 Å². The summed E-state index contributed by atoms with van der Waals surface area (Å²) < 4.78 is 5.50. The molecule has 3 aliphatic heterocycles. The number of piperazine rings is 1. The number of nitrogens with two attached hydrogens (primary N) is 1. The maximum Gasteiger partial charge on any atom is 0.249 e. The maximum absolute atomic E-state index is 14.2. The minimum absolute atomic E-state index is 0.0564. The zero-order valence-corrected chi connectivity index (χ0v) is 21.1. The Bertz CT molecular complexity index is 1000. The first-order valence-electron chi connectivity index (χ1n) is 13.4. The first kappa shape index (κ1) is 25.2. The van der Waals surface area contributed by atoms with E-state index in [1.54, 1.807) is 6.07 Å². The van der Waals surface area contributed by atoms with Crippen LogP contribution in [0.5, 0.6) is 0 Å². The molecule has 0 radical (unpaired) electrons. The molecule has 2 amide bonds. The van der Waals surface area contributed by atoms with Crippen LogP contribution in [0.25, 0.3) is 0 Å². The van der Waals surface area contributed by atoms with E-state index in [-0.39, 0.29) is 30.8 Å². The van der Waals surface area contributed by atoms with Crippen LogP contribution in [0.4, 0.5) is 5.69 Å². The van der Waals surface area contributed by atoms with E-state index in [9.17, 15) is 19.5 Å². The quantitative estimate of drug-likeness (QED) is 0.579. The second kappa shape index (κ2) is 10.5. The van der Waals surface area contributed by atoms with Crippen molar-refractivity contribution in [1.29, 1.82) is 0 Å². The van der Waals surface area contributed by atoms with Crippen molar-refractivity contribution >= 4 is 23.3 Å². The lowest BCUT2D eigenvalue weighted by Crippen LogP contribution is -2.47. The number of hydrogen-bond donors (Lipinski definition) is 2. The SMILES string of the molecule is CCCN1CCN(c2ccc(C(N)=O)c([C@@H](C(=O)N3C[C@@H](O)[C@H]4OCC(=O)[C@H]43)C3CCCC3)c2)CC1. The number of amides is 2. The summed E-state index contributed by atoms with van der Waals surface area (Å²) in [5, 5.41) is 10.5. The van der Waals surface area contributed by atoms with Gasteiger partial charge in [-0.1, -0.05) is 19.8 Å². The number of β-amino-alcohol motifs (C(OH)–C–C–N with tert-alkyl or cyclic N) is 1. The molecule has 1 aromatic rings. The Morgan fingerprint density at radius 1 is 1.17 bits per heavy atom. The van der Waals surface area contributed by atoms with Crippen molar-refractivity contribution in [2.24, 2.45) is 11.7 Å². The van der Waals surface area contributed by atoms with Gasteiger partial charge in [0.15, 0.2) is 5.78 Å². The normalized spacial score (nSPS) is 28.1. The van der Waals surface area contributed by atoms with Crippen molar-refractivity contribution in [3.63, 3.8) is 0 Å². The number of aliphatic hydroxyl groups excluding tert-OH is 1. The molecule has 36 heavy (non-hydrogen) atoms. The minimum atomic E-state index is -0.893. The Morgan fingerprint density at radius 2 is 1.89 bits per heavy atom.